The number of hydrogen-bond acceptors (Lipinski definition) is 6. The van der Waals surface area contributed by atoms with Crippen LogP contribution in [0.1, 0.15) is 13.0 Å². The third kappa shape index (κ3) is 3.10. The number of hydrogen-bond donors (Lipinski definition) is 2. The Bertz CT molecular complexity index is 574. The Balaban J connectivity index is 0.00000180. The second kappa shape index (κ2) is 6.63. The van der Waals surface area contributed by atoms with Crippen LogP contribution in [-0.2, 0) is 9.37 Å². The van der Waals surface area contributed by atoms with Crippen molar-refractivity contribution in [2.75, 3.05) is 12.8 Å². The van der Waals surface area contributed by atoms with E-state index in [1.807, 2.05) is 31.2 Å². The van der Waals surface area contributed by atoms with Crippen molar-refractivity contribution >= 4 is 28.5 Å². The lowest BCUT2D eigenvalue weighted by atomic mass is 10.1. The number of benzene rings is 2. The highest BCUT2D eigenvalue weighted by Gasteiger charge is 2.12. The molecule has 0 aliphatic heterocycles. The van der Waals surface area contributed by atoms with Gasteiger partial charge in [0.25, 0.3) is 0 Å². The first-order valence-electron chi connectivity index (χ1n) is 5.19. The molecule has 0 saturated heterocycles. The van der Waals surface area contributed by atoms with Gasteiger partial charge in [0.2, 0.25) is 0 Å². The van der Waals surface area contributed by atoms with Gasteiger partial charge < -0.3 is 10.5 Å². The van der Waals surface area contributed by atoms with Crippen molar-refractivity contribution in [1.29, 1.82) is 0 Å². The van der Waals surface area contributed by atoms with Crippen molar-refractivity contribution in [2.24, 2.45) is 0 Å². The minimum atomic E-state index is 0. The summed E-state index contributed by atoms with van der Waals surface area (Å²) in [7, 11) is 1.60. The summed E-state index contributed by atoms with van der Waals surface area (Å²) in [5, 5.41) is 13.7. The fourth-order valence-electron chi connectivity index (χ4n) is 1.86. The normalized spacial score (nSPS) is 10.3. The quantitative estimate of drug-likeness (QED) is 0.385. The van der Waals surface area contributed by atoms with Crippen molar-refractivity contribution in [3.63, 3.8) is 0 Å². The van der Waals surface area contributed by atoms with Gasteiger partial charge in [0.15, 0.2) is 0 Å². The van der Waals surface area contributed by atoms with Gasteiger partial charge in [-0.15, -0.1) is 4.33 Å². The van der Waals surface area contributed by atoms with Gasteiger partial charge in [-0.2, -0.15) is 0 Å². The molecule has 0 heterocycles. The topological polar surface area (TPSA) is 73.9 Å². The van der Waals surface area contributed by atoms with Crippen LogP contribution in [0.4, 0.5) is 5.69 Å². The van der Waals surface area contributed by atoms with E-state index in [0.717, 1.165) is 39.0 Å². The predicted octanol–water partition coefficient (Wildman–Crippen LogP) is 3.80. The molecule has 0 fully saturated rings. The average Bonchev–Trinajstić information content (AvgIpc) is 2.37. The summed E-state index contributed by atoms with van der Waals surface area (Å²) in [4.78, 5) is 0.790. The van der Waals surface area contributed by atoms with Crippen LogP contribution < -0.4 is 10.5 Å². The Kier molecular flexibility index (Phi) is 5.44. The monoisotopic (exact) mass is 283 g/mol. The molecule has 0 aliphatic carbocycles. The summed E-state index contributed by atoms with van der Waals surface area (Å²) >= 11 is 0.912. The first-order valence-corrected chi connectivity index (χ1v) is 5.93. The summed E-state index contributed by atoms with van der Waals surface area (Å²) in [5.41, 5.74) is 7.34. The highest BCUT2D eigenvalue weighted by atomic mass is 32.2. The molecular formula is C13H17NO4S. The van der Waals surface area contributed by atoms with Crippen LogP contribution >= 0.6 is 12.0 Å². The molecule has 5 nitrogen and oxygen atoms in total. The molecule has 2 aromatic rings. The van der Waals surface area contributed by atoms with Crippen molar-refractivity contribution in [3.05, 3.63) is 29.8 Å². The minimum Gasteiger partial charge on any atom is -0.496 e. The molecule has 0 atom stereocenters. The smallest absolute Gasteiger partial charge is 0.130 e. The van der Waals surface area contributed by atoms with Gasteiger partial charge >= 0.3 is 0 Å². The Morgan fingerprint density at radius 1 is 1.26 bits per heavy atom. The summed E-state index contributed by atoms with van der Waals surface area (Å²) in [6.07, 6.45) is 0. The molecule has 0 aliphatic rings. The molecule has 0 spiro atoms. The summed E-state index contributed by atoms with van der Waals surface area (Å²) in [6, 6.07) is 7.49. The van der Waals surface area contributed by atoms with Gasteiger partial charge in [0.05, 0.1) is 19.2 Å². The Morgan fingerprint density at radius 2 is 2.00 bits per heavy atom. The van der Waals surface area contributed by atoms with Crippen LogP contribution in [0, 0.1) is 6.92 Å². The Hall–Kier alpha value is -1.47. The van der Waals surface area contributed by atoms with Crippen LogP contribution in [0.2, 0.25) is 0 Å². The van der Waals surface area contributed by atoms with E-state index in [1.54, 1.807) is 7.11 Å². The molecule has 0 unspecified atom stereocenters. The number of rotatable bonds is 4. The Morgan fingerprint density at radius 3 is 2.63 bits per heavy atom. The van der Waals surface area contributed by atoms with Gasteiger partial charge in [0, 0.05) is 21.5 Å². The highest BCUT2D eigenvalue weighted by Crippen LogP contribution is 2.37. The fourth-order valence-corrected chi connectivity index (χ4v) is 2.36. The number of nitrogen functional groups attached to an aromatic ring is 1. The second-order valence-electron chi connectivity index (χ2n) is 3.74. The van der Waals surface area contributed by atoms with Crippen LogP contribution in [-0.4, -0.2) is 12.4 Å². The first-order chi connectivity index (χ1) is 8.67. The minimum absolute atomic E-state index is 0. The van der Waals surface area contributed by atoms with E-state index in [1.165, 1.54) is 0 Å². The number of ether oxygens (including phenoxy) is 1. The number of fused-ring (bicyclic) bond motifs is 1. The SMILES string of the molecule is C.COc1c(C)c(SOOO)cc2ccc(N)cc12. The molecule has 104 valence electrons. The van der Waals surface area contributed by atoms with Crippen LogP contribution in [0.15, 0.2) is 29.2 Å². The maximum Gasteiger partial charge on any atom is 0.130 e. The molecule has 2 aromatic carbocycles. The summed E-state index contributed by atoms with van der Waals surface area (Å²) in [6.45, 7) is 1.89. The van der Waals surface area contributed by atoms with E-state index in [-0.39, 0.29) is 7.43 Å². The largest absolute Gasteiger partial charge is 0.496 e. The van der Waals surface area contributed by atoms with Gasteiger partial charge in [0.1, 0.15) is 5.75 Å². The number of nitrogens with two attached hydrogens (primary N) is 1. The van der Waals surface area contributed by atoms with Crippen LogP contribution in [0.3, 0.4) is 0 Å². The standard InChI is InChI=1S/C12H13NO4S.CH4/c1-7-11(18-17-16-14)5-8-3-4-9(13)6-10(8)12(7)15-2;/h3-6,14H,13H2,1-2H3;1H4. The average molecular weight is 283 g/mol. The van der Waals surface area contributed by atoms with Gasteiger partial charge in [-0.1, -0.05) is 18.5 Å². The summed E-state index contributed by atoms with van der Waals surface area (Å²) in [5.74, 6) is 0.726. The van der Waals surface area contributed by atoms with Gasteiger partial charge in [-0.25, -0.2) is 5.26 Å². The van der Waals surface area contributed by atoms with Gasteiger partial charge in [-0.05, 0) is 30.5 Å². The van der Waals surface area contributed by atoms with E-state index >= 15 is 0 Å². The lowest BCUT2D eigenvalue weighted by Crippen LogP contribution is -1.93. The van der Waals surface area contributed by atoms with Crippen molar-refractivity contribution in [3.8, 4) is 5.75 Å². The lowest BCUT2D eigenvalue weighted by molar-refractivity contribution is -0.432. The zero-order valence-electron chi connectivity index (χ0n) is 9.97. The molecule has 0 saturated carbocycles. The third-order valence-corrected chi connectivity index (χ3v) is 3.41. The molecule has 6 heteroatoms. The second-order valence-corrected chi connectivity index (χ2v) is 4.48. The van der Waals surface area contributed by atoms with E-state index in [9.17, 15) is 0 Å². The molecule has 0 amide bonds. The van der Waals surface area contributed by atoms with Gasteiger partial charge in [-0.3, -0.25) is 0 Å². The fraction of sp³-hybridized carbons (Fsp3) is 0.231. The predicted molar refractivity (Wildman–Crippen MR) is 77.0 cm³/mol. The van der Waals surface area contributed by atoms with E-state index in [2.05, 4.69) is 9.37 Å². The molecular weight excluding hydrogens is 266 g/mol. The zero-order chi connectivity index (χ0) is 13.1. The maximum atomic E-state index is 8.20. The maximum absolute atomic E-state index is 8.20. The summed E-state index contributed by atoms with van der Waals surface area (Å²) < 4.78 is 9.87. The number of anilines is 1. The van der Waals surface area contributed by atoms with E-state index < -0.39 is 0 Å². The molecule has 0 radical (unpaired) electrons. The molecule has 0 bridgehead atoms. The third-order valence-electron chi connectivity index (χ3n) is 2.68. The zero-order valence-corrected chi connectivity index (χ0v) is 10.8. The van der Waals surface area contributed by atoms with Crippen molar-refractivity contribution < 1.29 is 19.4 Å². The molecule has 3 N–H and O–H groups in total. The van der Waals surface area contributed by atoms with Crippen LogP contribution in [0.5, 0.6) is 5.75 Å². The number of methoxy groups -OCH3 is 1. The molecule has 0 aromatic heterocycles. The molecule has 19 heavy (non-hydrogen) atoms. The van der Waals surface area contributed by atoms with E-state index in [4.69, 9.17) is 15.7 Å². The highest BCUT2D eigenvalue weighted by molar-refractivity contribution is 7.94. The van der Waals surface area contributed by atoms with Crippen molar-refractivity contribution in [2.45, 2.75) is 19.2 Å². The lowest BCUT2D eigenvalue weighted by Gasteiger charge is -2.13. The Labute approximate surface area is 116 Å². The van der Waals surface area contributed by atoms with Crippen molar-refractivity contribution in [1.82, 2.24) is 0 Å². The first kappa shape index (κ1) is 15.6. The van der Waals surface area contributed by atoms with E-state index in [0.29, 0.717) is 5.69 Å². The van der Waals surface area contributed by atoms with Crippen LogP contribution in [0.25, 0.3) is 10.8 Å². The molecule has 2 rings (SSSR count).